The van der Waals surface area contributed by atoms with Gasteiger partial charge in [-0.15, -0.1) is 0 Å². The largest absolute Gasteiger partial charge is 0.382 e. The number of hydrogen-bond acceptors (Lipinski definition) is 6. The van der Waals surface area contributed by atoms with Gasteiger partial charge in [-0.1, -0.05) is 66.5 Å². The van der Waals surface area contributed by atoms with Gasteiger partial charge in [0.05, 0.1) is 7.85 Å². The summed E-state index contributed by atoms with van der Waals surface area (Å²) in [7, 11) is 5.61. The summed E-state index contributed by atoms with van der Waals surface area (Å²) in [6.45, 7) is 0.475. The summed E-state index contributed by atoms with van der Waals surface area (Å²) in [6, 6.07) is 17.1. The van der Waals surface area contributed by atoms with Crippen LogP contribution in [0.3, 0.4) is 0 Å². The van der Waals surface area contributed by atoms with Crippen LogP contribution in [0, 0.1) is 0 Å². The molecule has 0 fully saturated rings. The van der Waals surface area contributed by atoms with Crippen molar-refractivity contribution < 1.29 is 4.79 Å². The van der Waals surface area contributed by atoms with E-state index in [4.69, 9.17) is 36.6 Å². The molecule has 0 aliphatic heterocycles. The lowest BCUT2D eigenvalue weighted by molar-refractivity contribution is 0.0972. The smallest absolute Gasteiger partial charge is 0.280 e. The fourth-order valence-corrected chi connectivity index (χ4v) is 3.49. The van der Waals surface area contributed by atoms with E-state index < -0.39 is 5.91 Å². The van der Waals surface area contributed by atoms with Gasteiger partial charge in [0.15, 0.2) is 28.4 Å². The molecule has 1 aromatic heterocycles. The number of nitrogen functional groups attached to an aromatic ring is 2. The average Bonchev–Trinajstić information content (AvgIpc) is 2.82. The number of anilines is 2. The zero-order valence-electron chi connectivity index (χ0n) is 18.8. The molecule has 7 N–H and O–H groups in total. The van der Waals surface area contributed by atoms with Crippen molar-refractivity contribution in [2.24, 2.45) is 10.7 Å². The van der Waals surface area contributed by atoms with E-state index in [-0.39, 0.29) is 28.4 Å². The Morgan fingerprint density at radius 1 is 0.912 bits per heavy atom. The summed E-state index contributed by atoms with van der Waals surface area (Å²) in [4.78, 5) is 24.0. The molecule has 1 heterocycles. The van der Waals surface area contributed by atoms with Crippen LogP contribution in [0.5, 0.6) is 0 Å². The molecule has 10 heteroatoms. The molecular weight excluding hydrogens is 449 g/mol. The fraction of sp³-hybridized carbons (Fsp3) is 0.250. The first-order chi connectivity index (χ1) is 16.4. The number of guanidine groups is 1. The zero-order valence-corrected chi connectivity index (χ0v) is 19.6. The Bertz CT molecular complexity index is 1150. The van der Waals surface area contributed by atoms with Crippen LogP contribution in [-0.2, 0) is 12.8 Å². The minimum Gasteiger partial charge on any atom is -0.382 e. The maximum Gasteiger partial charge on any atom is 0.280 e. The minimum atomic E-state index is -0.651. The Morgan fingerprint density at radius 2 is 1.50 bits per heavy atom. The number of aryl methyl sites for hydroxylation is 2. The molecule has 1 amide bonds. The van der Waals surface area contributed by atoms with Crippen molar-refractivity contribution in [3.8, 4) is 11.1 Å². The lowest BCUT2D eigenvalue weighted by Crippen LogP contribution is -2.38. The monoisotopic (exact) mass is 475 g/mol. The van der Waals surface area contributed by atoms with E-state index in [1.807, 2.05) is 0 Å². The molecule has 0 atom stereocenters. The van der Waals surface area contributed by atoms with Crippen LogP contribution < -0.4 is 22.5 Å². The predicted octanol–water partition coefficient (Wildman–Crippen LogP) is 3.16. The maximum absolute atomic E-state index is 12.2. The first-order valence-corrected chi connectivity index (χ1v) is 11.3. The number of nitrogens with one attached hydrogen (secondary N) is 1. The van der Waals surface area contributed by atoms with Gasteiger partial charge in [0.2, 0.25) is 0 Å². The molecule has 174 valence electrons. The van der Waals surface area contributed by atoms with Crippen molar-refractivity contribution in [3.05, 3.63) is 70.5 Å². The van der Waals surface area contributed by atoms with Gasteiger partial charge in [-0.25, -0.2) is 9.97 Å². The van der Waals surface area contributed by atoms with Gasteiger partial charge >= 0.3 is 0 Å². The molecule has 2 radical (unpaired) electrons. The second-order valence-corrected chi connectivity index (χ2v) is 8.10. The molecule has 0 unspecified atom stereocenters. The SMILES string of the molecule is [B]CCc1ccc(-c2ccc(CCCCN=C(N)NC(=O)c3nc(Cl)c(N)nc3N)cc2)cc1. The first kappa shape index (κ1) is 25.0. The second kappa shape index (κ2) is 12.0. The highest BCUT2D eigenvalue weighted by atomic mass is 35.5. The molecular formula is C24H27BClN7O. The Morgan fingerprint density at radius 3 is 2.09 bits per heavy atom. The number of carbonyl (C=O) groups is 1. The van der Waals surface area contributed by atoms with E-state index in [0.29, 0.717) is 12.9 Å². The Labute approximate surface area is 205 Å². The minimum absolute atomic E-state index is 0.0269. The highest BCUT2D eigenvalue weighted by Crippen LogP contribution is 2.21. The third-order valence-electron chi connectivity index (χ3n) is 5.19. The number of nitrogens with two attached hydrogens (primary N) is 3. The summed E-state index contributed by atoms with van der Waals surface area (Å²) in [6.07, 6.45) is 4.22. The van der Waals surface area contributed by atoms with Crippen LogP contribution in [0.1, 0.15) is 34.5 Å². The Balaban J connectivity index is 1.43. The van der Waals surface area contributed by atoms with Crippen LogP contribution in [0.2, 0.25) is 11.5 Å². The summed E-state index contributed by atoms with van der Waals surface area (Å²) in [5.74, 6) is -0.867. The van der Waals surface area contributed by atoms with Crippen molar-refractivity contribution in [1.29, 1.82) is 0 Å². The average molecular weight is 476 g/mol. The van der Waals surface area contributed by atoms with E-state index in [9.17, 15) is 4.79 Å². The van der Waals surface area contributed by atoms with E-state index in [1.54, 1.807) is 0 Å². The van der Waals surface area contributed by atoms with Gasteiger partial charge in [0, 0.05) is 6.54 Å². The molecule has 2 aromatic carbocycles. The number of hydrogen-bond donors (Lipinski definition) is 4. The van der Waals surface area contributed by atoms with Gasteiger partial charge in [-0.3, -0.25) is 15.1 Å². The summed E-state index contributed by atoms with van der Waals surface area (Å²) in [5, 5.41) is 2.32. The molecule has 34 heavy (non-hydrogen) atoms. The van der Waals surface area contributed by atoms with Crippen LogP contribution in [0.15, 0.2) is 53.5 Å². The van der Waals surface area contributed by atoms with Gasteiger partial charge in [0.25, 0.3) is 5.91 Å². The Hall–Kier alpha value is -3.59. The molecule has 0 aliphatic rings. The normalized spacial score (nSPS) is 11.4. The number of unbranched alkanes of at least 4 members (excludes halogenated alkanes) is 1. The molecule has 0 bridgehead atoms. The maximum atomic E-state index is 12.2. The van der Waals surface area contributed by atoms with Crippen LogP contribution in [0.25, 0.3) is 11.1 Å². The number of nitrogens with zero attached hydrogens (tertiary/aromatic N) is 3. The quantitative estimate of drug-likeness (QED) is 0.162. The summed E-state index contributed by atoms with van der Waals surface area (Å²) >= 11 is 5.79. The number of carbonyl (C=O) groups excluding carboxylic acids is 1. The van der Waals surface area contributed by atoms with E-state index >= 15 is 0 Å². The molecule has 0 aliphatic carbocycles. The highest BCUT2D eigenvalue weighted by molar-refractivity contribution is 6.31. The second-order valence-electron chi connectivity index (χ2n) is 7.74. The van der Waals surface area contributed by atoms with Crippen LogP contribution >= 0.6 is 11.6 Å². The summed E-state index contributed by atoms with van der Waals surface area (Å²) < 4.78 is 0. The van der Waals surface area contributed by atoms with Crippen molar-refractivity contribution in [2.45, 2.75) is 32.0 Å². The number of benzene rings is 2. The standard InChI is InChI=1S/C24H27BClN7O/c25-13-12-16-6-10-18(11-7-16)17-8-4-15(5-9-17)3-1-2-14-30-24(29)33-23(34)19-21(27)32-22(28)20(26)31-19/h4-11H,1-3,12-14H2,(H4,27,28,32)(H3,29,30,33,34). The van der Waals surface area contributed by atoms with Gasteiger partial charge < -0.3 is 17.2 Å². The molecule has 3 rings (SSSR count). The zero-order chi connectivity index (χ0) is 24.5. The van der Waals surface area contributed by atoms with Crippen molar-refractivity contribution in [2.75, 3.05) is 18.0 Å². The molecule has 8 nitrogen and oxygen atoms in total. The number of rotatable bonds is 9. The van der Waals surface area contributed by atoms with Crippen LogP contribution in [0.4, 0.5) is 11.6 Å². The third-order valence-corrected chi connectivity index (χ3v) is 5.47. The van der Waals surface area contributed by atoms with Crippen molar-refractivity contribution >= 4 is 42.9 Å². The fourth-order valence-electron chi connectivity index (χ4n) is 3.36. The third kappa shape index (κ3) is 6.95. The molecule has 0 saturated heterocycles. The number of aliphatic imine (C=N–C) groups is 1. The van der Waals surface area contributed by atoms with E-state index in [2.05, 4.69) is 68.8 Å². The Kier molecular flexibility index (Phi) is 8.87. The van der Waals surface area contributed by atoms with Gasteiger partial charge in [0.1, 0.15) is 0 Å². The van der Waals surface area contributed by atoms with Gasteiger partial charge in [-0.2, -0.15) is 0 Å². The highest BCUT2D eigenvalue weighted by Gasteiger charge is 2.16. The van der Waals surface area contributed by atoms with Crippen molar-refractivity contribution in [1.82, 2.24) is 15.3 Å². The molecule has 0 saturated carbocycles. The lowest BCUT2D eigenvalue weighted by atomic mass is 9.95. The summed E-state index contributed by atoms with van der Waals surface area (Å²) in [5.41, 5.74) is 21.7. The topological polar surface area (TPSA) is 145 Å². The number of amides is 1. The van der Waals surface area contributed by atoms with Gasteiger partial charge in [-0.05, 0) is 47.9 Å². The number of aromatic nitrogens is 2. The molecule has 0 spiro atoms. The predicted molar refractivity (Wildman–Crippen MR) is 139 cm³/mol. The first-order valence-electron chi connectivity index (χ1n) is 11.0. The lowest BCUT2D eigenvalue weighted by Gasteiger charge is -2.07. The number of halogens is 1. The van der Waals surface area contributed by atoms with E-state index in [0.717, 1.165) is 25.7 Å². The van der Waals surface area contributed by atoms with Crippen molar-refractivity contribution in [3.63, 3.8) is 0 Å². The molecule has 3 aromatic rings. The van der Waals surface area contributed by atoms with Crippen LogP contribution in [-0.4, -0.2) is 36.2 Å². The van der Waals surface area contributed by atoms with E-state index in [1.165, 1.54) is 22.3 Å².